The lowest BCUT2D eigenvalue weighted by Crippen LogP contribution is -2.39. The lowest BCUT2D eigenvalue weighted by Gasteiger charge is -2.28. The highest BCUT2D eigenvalue weighted by Crippen LogP contribution is 2.46. The molecule has 2 aliphatic rings. The first-order chi connectivity index (χ1) is 7.94. The standard InChI is InChI=1S/C11H18F3NO2/c12-11(13,14)17-6-9-2-1-5-15(9)7-10(8-16)3-4-10/h9,16H,1-8H2. The van der Waals surface area contributed by atoms with Crippen LogP contribution < -0.4 is 0 Å². The molecule has 6 heteroatoms. The van der Waals surface area contributed by atoms with E-state index in [4.69, 9.17) is 0 Å². The topological polar surface area (TPSA) is 32.7 Å². The van der Waals surface area contributed by atoms with Crippen molar-refractivity contribution in [2.75, 3.05) is 26.3 Å². The molecule has 0 bridgehead atoms. The predicted octanol–water partition coefficient (Wildman–Crippen LogP) is 1.76. The van der Waals surface area contributed by atoms with E-state index in [1.54, 1.807) is 0 Å². The molecule has 1 atom stereocenters. The monoisotopic (exact) mass is 253 g/mol. The van der Waals surface area contributed by atoms with Gasteiger partial charge in [0.05, 0.1) is 6.61 Å². The Morgan fingerprint density at radius 3 is 2.59 bits per heavy atom. The minimum atomic E-state index is -4.54. The molecule has 17 heavy (non-hydrogen) atoms. The Balaban J connectivity index is 1.81. The van der Waals surface area contributed by atoms with Crippen LogP contribution in [0.15, 0.2) is 0 Å². The molecule has 2 fully saturated rings. The third-order valence-corrected chi connectivity index (χ3v) is 3.77. The predicted molar refractivity (Wildman–Crippen MR) is 55.4 cm³/mol. The zero-order valence-electron chi connectivity index (χ0n) is 9.67. The van der Waals surface area contributed by atoms with Gasteiger partial charge in [-0.25, -0.2) is 0 Å². The van der Waals surface area contributed by atoms with Crippen molar-refractivity contribution in [3.8, 4) is 0 Å². The van der Waals surface area contributed by atoms with Crippen LogP contribution in [-0.4, -0.2) is 48.7 Å². The normalized spacial score (nSPS) is 28.6. The van der Waals surface area contributed by atoms with Crippen LogP contribution in [0.5, 0.6) is 0 Å². The Kier molecular flexibility index (Phi) is 3.66. The molecule has 1 saturated carbocycles. The smallest absolute Gasteiger partial charge is 0.396 e. The van der Waals surface area contributed by atoms with Crippen molar-refractivity contribution < 1.29 is 23.0 Å². The summed E-state index contributed by atoms with van der Waals surface area (Å²) in [6, 6.07) is -0.152. The molecule has 0 aromatic rings. The first-order valence-electron chi connectivity index (χ1n) is 6.00. The van der Waals surface area contributed by atoms with E-state index in [2.05, 4.69) is 4.74 Å². The number of aliphatic hydroxyl groups is 1. The number of ether oxygens (including phenoxy) is 1. The molecule has 0 radical (unpaired) electrons. The first kappa shape index (κ1) is 13.1. The number of alkyl halides is 3. The first-order valence-corrected chi connectivity index (χ1v) is 6.00. The zero-order chi connectivity index (χ0) is 12.5. The number of hydrogen-bond acceptors (Lipinski definition) is 3. The Morgan fingerprint density at radius 2 is 2.06 bits per heavy atom. The Labute approximate surface area is 98.5 Å². The maximum atomic E-state index is 12.0. The molecular weight excluding hydrogens is 235 g/mol. The second-order valence-electron chi connectivity index (χ2n) is 5.18. The number of hydrogen-bond donors (Lipinski definition) is 1. The highest BCUT2D eigenvalue weighted by Gasteiger charge is 2.45. The molecule has 0 aromatic heterocycles. The SMILES string of the molecule is OCC1(CN2CCCC2COC(F)(F)F)CC1. The van der Waals surface area contributed by atoms with Gasteiger partial charge in [-0.05, 0) is 32.2 Å². The van der Waals surface area contributed by atoms with Gasteiger partial charge in [0.25, 0.3) is 0 Å². The third-order valence-electron chi connectivity index (χ3n) is 3.77. The Hall–Kier alpha value is -0.330. The van der Waals surface area contributed by atoms with E-state index in [0.717, 1.165) is 32.2 Å². The molecule has 3 nitrogen and oxygen atoms in total. The van der Waals surface area contributed by atoms with Crippen molar-refractivity contribution >= 4 is 0 Å². The van der Waals surface area contributed by atoms with Crippen LogP contribution in [0.3, 0.4) is 0 Å². The summed E-state index contributed by atoms with van der Waals surface area (Å²) < 4.78 is 39.8. The van der Waals surface area contributed by atoms with Gasteiger partial charge in [0.2, 0.25) is 0 Å². The Morgan fingerprint density at radius 1 is 1.35 bits per heavy atom. The van der Waals surface area contributed by atoms with E-state index in [1.807, 2.05) is 4.90 Å². The number of likely N-dealkylation sites (tertiary alicyclic amines) is 1. The van der Waals surface area contributed by atoms with Gasteiger partial charge in [0.15, 0.2) is 0 Å². The number of rotatable bonds is 5. The summed E-state index contributed by atoms with van der Waals surface area (Å²) in [5.74, 6) is 0. The van der Waals surface area contributed by atoms with Crippen molar-refractivity contribution in [2.45, 2.75) is 38.1 Å². The summed E-state index contributed by atoms with van der Waals surface area (Å²) >= 11 is 0. The maximum Gasteiger partial charge on any atom is 0.522 e. The van der Waals surface area contributed by atoms with Gasteiger partial charge in [-0.15, -0.1) is 13.2 Å². The molecule has 1 aliphatic carbocycles. The van der Waals surface area contributed by atoms with Crippen LogP contribution in [-0.2, 0) is 4.74 Å². The van der Waals surface area contributed by atoms with Gasteiger partial charge in [0.1, 0.15) is 0 Å². The van der Waals surface area contributed by atoms with Crippen molar-refractivity contribution in [3.05, 3.63) is 0 Å². The van der Waals surface area contributed by atoms with E-state index >= 15 is 0 Å². The molecule has 0 aromatic carbocycles. The van der Waals surface area contributed by atoms with Crippen LogP contribution in [0.1, 0.15) is 25.7 Å². The fraction of sp³-hybridized carbons (Fsp3) is 1.00. The summed E-state index contributed by atoms with van der Waals surface area (Å²) in [5, 5.41) is 9.22. The van der Waals surface area contributed by atoms with E-state index in [1.165, 1.54) is 0 Å². The van der Waals surface area contributed by atoms with E-state index in [0.29, 0.717) is 6.54 Å². The quantitative estimate of drug-likeness (QED) is 0.810. The van der Waals surface area contributed by atoms with Crippen molar-refractivity contribution in [1.82, 2.24) is 4.90 Å². The number of halogens is 3. The second-order valence-corrected chi connectivity index (χ2v) is 5.18. The molecule has 1 heterocycles. The van der Waals surface area contributed by atoms with E-state index < -0.39 is 6.36 Å². The van der Waals surface area contributed by atoms with Crippen LogP contribution >= 0.6 is 0 Å². The van der Waals surface area contributed by atoms with E-state index in [9.17, 15) is 18.3 Å². The van der Waals surface area contributed by atoms with Crippen LogP contribution in [0.25, 0.3) is 0 Å². The molecule has 1 saturated heterocycles. The van der Waals surface area contributed by atoms with Gasteiger partial charge >= 0.3 is 6.36 Å². The van der Waals surface area contributed by atoms with Crippen LogP contribution in [0.2, 0.25) is 0 Å². The largest absolute Gasteiger partial charge is 0.522 e. The lowest BCUT2D eigenvalue weighted by atomic mass is 10.1. The summed E-state index contributed by atoms with van der Waals surface area (Å²) in [7, 11) is 0. The van der Waals surface area contributed by atoms with Crippen LogP contribution in [0, 0.1) is 5.41 Å². The van der Waals surface area contributed by atoms with Crippen molar-refractivity contribution in [1.29, 1.82) is 0 Å². The number of nitrogens with zero attached hydrogens (tertiary/aromatic N) is 1. The van der Waals surface area contributed by atoms with Crippen LogP contribution in [0.4, 0.5) is 13.2 Å². The summed E-state index contributed by atoms with van der Waals surface area (Å²) in [5.41, 5.74) is -0.0409. The highest BCUT2D eigenvalue weighted by atomic mass is 19.4. The summed E-state index contributed by atoms with van der Waals surface area (Å²) in [4.78, 5) is 2.04. The van der Waals surface area contributed by atoms with Gasteiger partial charge in [0, 0.05) is 24.6 Å². The average molecular weight is 253 g/mol. The maximum absolute atomic E-state index is 12.0. The molecule has 1 unspecified atom stereocenters. The van der Waals surface area contributed by atoms with Crippen molar-refractivity contribution in [3.63, 3.8) is 0 Å². The molecule has 0 amide bonds. The third kappa shape index (κ3) is 3.56. The fourth-order valence-corrected chi connectivity index (χ4v) is 2.46. The molecule has 2 rings (SSSR count). The number of aliphatic hydroxyl groups excluding tert-OH is 1. The Bertz CT molecular complexity index is 266. The molecule has 1 N–H and O–H groups in total. The van der Waals surface area contributed by atoms with Gasteiger partial charge < -0.3 is 5.11 Å². The molecule has 100 valence electrons. The van der Waals surface area contributed by atoms with Gasteiger partial charge in [-0.3, -0.25) is 9.64 Å². The fourth-order valence-electron chi connectivity index (χ4n) is 2.46. The van der Waals surface area contributed by atoms with Gasteiger partial charge in [-0.2, -0.15) is 0 Å². The minimum absolute atomic E-state index is 0.0409. The molecule has 1 aliphatic heterocycles. The molecule has 0 spiro atoms. The summed E-state index contributed by atoms with van der Waals surface area (Å²) in [6.45, 7) is 1.37. The highest BCUT2D eigenvalue weighted by molar-refractivity contribution is 4.97. The van der Waals surface area contributed by atoms with Gasteiger partial charge in [-0.1, -0.05) is 0 Å². The zero-order valence-corrected chi connectivity index (χ0v) is 9.67. The summed E-state index contributed by atoms with van der Waals surface area (Å²) in [6.07, 6.45) is -0.923. The second kappa shape index (κ2) is 4.74. The average Bonchev–Trinajstić information content (AvgIpc) is 2.87. The lowest BCUT2D eigenvalue weighted by molar-refractivity contribution is -0.328. The van der Waals surface area contributed by atoms with E-state index in [-0.39, 0.29) is 24.7 Å². The van der Waals surface area contributed by atoms with Crippen molar-refractivity contribution in [2.24, 2.45) is 5.41 Å². The molecular formula is C11H18F3NO2. The minimum Gasteiger partial charge on any atom is -0.396 e.